The highest BCUT2D eigenvalue weighted by atomic mass is 16.7. The van der Waals surface area contributed by atoms with Crippen molar-refractivity contribution in [2.45, 2.75) is 101 Å². The molecule has 4 fully saturated rings. The molecule has 2 saturated carbocycles. The molecule has 5 N–H and O–H groups in total. The van der Waals surface area contributed by atoms with E-state index < -0.39 is 60.0 Å². The second-order valence-electron chi connectivity index (χ2n) is 10.2. The van der Waals surface area contributed by atoms with Crippen molar-refractivity contribution in [3.05, 3.63) is 0 Å². The topological polar surface area (TPSA) is 146 Å². The van der Waals surface area contributed by atoms with Gasteiger partial charge in [-0.05, 0) is 58.8 Å². The van der Waals surface area contributed by atoms with Crippen molar-refractivity contribution in [2.75, 3.05) is 6.61 Å². The highest BCUT2D eigenvalue weighted by molar-refractivity contribution is 5.82. The van der Waals surface area contributed by atoms with Crippen molar-refractivity contribution in [3.8, 4) is 0 Å². The fourth-order valence-electron chi connectivity index (χ4n) is 6.25. The van der Waals surface area contributed by atoms with Crippen molar-refractivity contribution < 1.29 is 44.5 Å². The van der Waals surface area contributed by atoms with Crippen LogP contribution in [0.4, 0.5) is 0 Å². The van der Waals surface area contributed by atoms with Crippen LogP contribution in [0.2, 0.25) is 0 Å². The van der Waals surface area contributed by atoms with E-state index in [1.54, 1.807) is 0 Å². The molecule has 30 heavy (non-hydrogen) atoms. The molecule has 0 amide bonds. The first-order chi connectivity index (χ1) is 14.0. The van der Waals surface area contributed by atoms with Gasteiger partial charge in [0.05, 0.1) is 18.3 Å². The second kappa shape index (κ2) is 7.37. The van der Waals surface area contributed by atoms with Gasteiger partial charge >= 0.3 is 5.97 Å². The molecule has 10 atom stereocenters. The summed E-state index contributed by atoms with van der Waals surface area (Å²) in [5, 5.41) is 50.5. The summed E-state index contributed by atoms with van der Waals surface area (Å²) >= 11 is 0. The summed E-state index contributed by atoms with van der Waals surface area (Å²) in [4.78, 5) is 12.7. The van der Waals surface area contributed by atoms with Crippen LogP contribution in [0.5, 0.6) is 0 Å². The molecule has 0 aromatic carbocycles. The second-order valence-corrected chi connectivity index (χ2v) is 10.2. The van der Waals surface area contributed by atoms with Gasteiger partial charge < -0.3 is 39.7 Å². The van der Waals surface area contributed by atoms with Gasteiger partial charge in [0, 0.05) is 5.92 Å². The first-order valence-electron chi connectivity index (χ1n) is 10.9. The molecule has 172 valence electrons. The maximum atomic E-state index is 12.7. The Morgan fingerprint density at radius 3 is 2.47 bits per heavy atom. The van der Waals surface area contributed by atoms with Crippen LogP contribution in [0.1, 0.15) is 52.9 Å². The standard InChI is InChI=1S/C21H34O9/c1-19(2,29-17-16(26)15(25)14(24)11(9-22)28-17)10-4-7-21-12(8-10)20(3,30-18(21)27)6-5-13(21)23/h10-17,22-26H,4-9H2,1-3H3/t10-,11-,12+,13+,14-,15+,16-,17+,20+,21+/m1/s1. The van der Waals surface area contributed by atoms with Crippen molar-refractivity contribution in [1.29, 1.82) is 0 Å². The number of rotatable bonds is 4. The van der Waals surface area contributed by atoms with Crippen LogP contribution in [0.25, 0.3) is 0 Å². The van der Waals surface area contributed by atoms with E-state index in [-0.39, 0.29) is 17.8 Å². The molecular formula is C21H34O9. The molecule has 0 spiro atoms. The Kier molecular flexibility index (Phi) is 5.50. The largest absolute Gasteiger partial charge is 0.459 e. The average molecular weight is 430 g/mol. The Balaban J connectivity index is 1.52. The molecule has 2 saturated heterocycles. The number of esters is 1. The zero-order valence-electron chi connectivity index (χ0n) is 17.7. The number of hydrogen-bond donors (Lipinski definition) is 5. The summed E-state index contributed by atoms with van der Waals surface area (Å²) in [5.74, 6) is -0.439. The first-order valence-corrected chi connectivity index (χ1v) is 10.9. The summed E-state index contributed by atoms with van der Waals surface area (Å²) < 4.78 is 17.4. The van der Waals surface area contributed by atoms with E-state index in [1.165, 1.54) is 0 Å². The van der Waals surface area contributed by atoms with E-state index in [4.69, 9.17) is 14.2 Å². The summed E-state index contributed by atoms with van der Waals surface area (Å²) in [6.45, 7) is 5.15. The number of ether oxygens (including phenoxy) is 3. The molecule has 2 aliphatic heterocycles. The number of hydrogen-bond acceptors (Lipinski definition) is 9. The molecule has 9 nitrogen and oxygen atoms in total. The third-order valence-corrected chi connectivity index (χ3v) is 8.25. The minimum absolute atomic E-state index is 0.0119. The quantitative estimate of drug-likeness (QED) is 0.371. The Labute approximate surface area is 175 Å². The monoisotopic (exact) mass is 430 g/mol. The average Bonchev–Trinajstić information content (AvgIpc) is 2.88. The maximum absolute atomic E-state index is 12.7. The van der Waals surface area contributed by atoms with Gasteiger partial charge in [0.25, 0.3) is 0 Å². The third-order valence-electron chi connectivity index (χ3n) is 8.25. The number of carbonyl (C=O) groups excluding carboxylic acids is 1. The molecule has 0 aromatic rings. The maximum Gasteiger partial charge on any atom is 0.315 e. The molecule has 0 unspecified atom stereocenters. The number of aliphatic hydroxyl groups is 5. The smallest absolute Gasteiger partial charge is 0.315 e. The molecule has 0 radical (unpaired) electrons. The van der Waals surface area contributed by atoms with E-state index in [2.05, 4.69) is 0 Å². The van der Waals surface area contributed by atoms with Crippen LogP contribution in [0, 0.1) is 17.3 Å². The molecule has 9 heteroatoms. The van der Waals surface area contributed by atoms with Gasteiger partial charge in [0.1, 0.15) is 35.4 Å². The van der Waals surface area contributed by atoms with Crippen molar-refractivity contribution >= 4 is 5.97 Å². The highest BCUT2D eigenvalue weighted by Crippen LogP contribution is 2.63. The Bertz CT molecular complexity index is 681. The molecule has 2 aliphatic carbocycles. The zero-order chi connectivity index (χ0) is 22.1. The lowest BCUT2D eigenvalue weighted by Crippen LogP contribution is -2.61. The molecule has 4 rings (SSSR count). The van der Waals surface area contributed by atoms with E-state index in [9.17, 15) is 30.3 Å². The van der Waals surface area contributed by atoms with E-state index in [1.807, 2.05) is 20.8 Å². The predicted octanol–water partition coefficient (Wildman–Crippen LogP) is -0.546. The van der Waals surface area contributed by atoms with E-state index in [0.717, 1.165) is 0 Å². The lowest BCUT2D eigenvalue weighted by molar-refractivity contribution is -0.330. The molecule has 4 aliphatic rings. The van der Waals surface area contributed by atoms with Crippen LogP contribution in [0.3, 0.4) is 0 Å². The van der Waals surface area contributed by atoms with Gasteiger partial charge in [-0.3, -0.25) is 4.79 Å². The van der Waals surface area contributed by atoms with Crippen LogP contribution in [-0.4, -0.2) is 86.1 Å². The van der Waals surface area contributed by atoms with Gasteiger partial charge in [-0.25, -0.2) is 0 Å². The minimum Gasteiger partial charge on any atom is -0.459 e. The van der Waals surface area contributed by atoms with Crippen molar-refractivity contribution in [2.24, 2.45) is 17.3 Å². The number of aliphatic hydroxyl groups excluding tert-OH is 5. The molecular weight excluding hydrogens is 396 g/mol. The normalized spacial score (nSPS) is 51.4. The van der Waals surface area contributed by atoms with Gasteiger partial charge in [-0.15, -0.1) is 0 Å². The Morgan fingerprint density at radius 1 is 1.10 bits per heavy atom. The molecule has 2 heterocycles. The van der Waals surface area contributed by atoms with Crippen LogP contribution >= 0.6 is 0 Å². The summed E-state index contributed by atoms with van der Waals surface area (Å²) in [5.41, 5.74) is -2.26. The van der Waals surface area contributed by atoms with Crippen molar-refractivity contribution in [1.82, 2.24) is 0 Å². The third kappa shape index (κ3) is 3.13. The Morgan fingerprint density at radius 2 is 1.80 bits per heavy atom. The highest BCUT2D eigenvalue weighted by Gasteiger charge is 2.70. The van der Waals surface area contributed by atoms with Crippen molar-refractivity contribution in [3.63, 3.8) is 0 Å². The van der Waals surface area contributed by atoms with Gasteiger partial charge in [0.2, 0.25) is 0 Å². The fraction of sp³-hybridized carbons (Fsp3) is 0.952. The predicted molar refractivity (Wildman–Crippen MR) is 102 cm³/mol. The zero-order valence-corrected chi connectivity index (χ0v) is 17.7. The van der Waals surface area contributed by atoms with Crippen LogP contribution in [0.15, 0.2) is 0 Å². The summed E-state index contributed by atoms with van der Waals surface area (Å²) in [6.07, 6.45) is -4.45. The van der Waals surface area contributed by atoms with E-state index in [0.29, 0.717) is 32.1 Å². The van der Waals surface area contributed by atoms with Crippen LogP contribution in [-0.2, 0) is 19.0 Å². The lowest BCUT2D eigenvalue weighted by atomic mass is 9.52. The summed E-state index contributed by atoms with van der Waals surface area (Å²) in [6, 6.07) is 0. The molecule has 2 bridgehead atoms. The van der Waals surface area contributed by atoms with Gasteiger partial charge in [-0.1, -0.05) is 0 Å². The SMILES string of the molecule is CC(C)(O[C@@H]1O[C@H](CO)[C@@H](O)[C@H](O)[C@H]1O)[C@@H]1CC[C@@]23C(=O)O[C@@](C)(CC[C@@H]2O)[C@@H]3C1. The van der Waals surface area contributed by atoms with Crippen LogP contribution < -0.4 is 0 Å². The molecule has 0 aromatic heterocycles. The Hall–Kier alpha value is -0.810. The first kappa shape index (κ1) is 22.4. The summed E-state index contributed by atoms with van der Waals surface area (Å²) in [7, 11) is 0. The van der Waals surface area contributed by atoms with Gasteiger partial charge in [0.15, 0.2) is 6.29 Å². The minimum atomic E-state index is -1.50. The lowest BCUT2D eigenvalue weighted by Gasteiger charge is -2.52. The van der Waals surface area contributed by atoms with Gasteiger partial charge in [-0.2, -0.15) is 0 Å². The number of carbonyl (C=O) groups is 1. The van der Waals surface area contributed by atoms with E-state index >= 15 is 0 Å². The fourth-order valence-corrected chi connectivity index (χ4v) is 6.25.